The third-order valence-electron chi connectivity index (χ3n) is 4.50. The molecule has 1 N–H and O–H groups in total. The quantitative estimate of drug-likeness (QED) is 0.869. The van der Waals surface area contributed by atoms with Crippen molar-refractivity contribution in [1.82, 2.24) is 5.32 Å². The molecule has 1 nitrogen and oxygen atoms in total. The van der Waals surface area contributed by atoms with Crippen LogP contribution in [0.15, 0.2) is 24.3 Å². The van der Waals surface area contributed by atoms with Crippen LogP contribution in [0.3, 0.4) is 0 Å². The number of thiophene rings is 1. The molecule has 2 aliphatic carbocycles. The molecular weight excluding hydrogens is 286 g/mol. The molecule has 3 heteroatoms. The van der Waals surface area contributed by atoms with Crippen molar-refractivity contribution in [3.63, 3.8) is 0 Å². The second-order valence-electron chi connectivity index (χ2n) is 5.83. The average Bonchev–Trinajstić information content (AvgIpc) is 3.09. The molecule has 0 amide bonds. The monoisotopic (exact) mass is 303 g/mol. The van der Waals surface area contributed by atoms with Gasteiger partial charge in [-0.25, -0.2) is 0 Å². The zero-order valence-electron chi connectivity index (χ0n) is 11.4. The van der Waals surface area contributed by atoms with Crippen LogP contribution in [-0.2, 0) is 25.8 Å². The van der Waals surface area contributed by atoms with Crippen molar-refractivity contribution < 1.29 is 0 Å². The lowest BCUT2D eigenvalue weighted by Crippen LogP contribution is -2.18. The third-order valence-corrected chi connectivity index (χ3v) is 5.98. The molecule has 0 saturated carbocycles. The Morgan fingerprint density at radius 3 is 3.00 bits per heavy atom. The molecule has 0 bridgehead atoms. The van der Waals surface area contributed by atoms with E-state index in [-0.39, 0.29) is 0 Å². The molecule has 20 heavy (non-hydrogen) atoms. The summed E-state index contributed by atoms with van der Waals surface area (Å²) in [5, 5.41) is 4.59. The molecule has 1 atom stereocenters. The van der Waals surface area contributed by atoms with Gasteiger partial charge in [0.05, 0.1) is 0 Å². The fraction of sp³-hybridized carbons (Fsp3) is 0.412. The lowest BCUT2D eigenvalue weighted by molar-refractivity contribution is 0.533. The van der Waals surface area contributed by atoms with Gasteiger partial charge in [-0.05, 0) is 67.0 Å². The first kappa shape index (κ1) is 12.9. The van der Waals surface area contributed by atoms with Crippen LogP contribution in [0.2, 0.25) is 5.02 Å². The number of nitrogens with one attached hydrogen (secondary N) is 1. The van der Waals surface area contributed by atoms with E-state index in [0.29, 0.717) is 6.04 Å². The van der Waals surface area contributed by atoms with Crippen LogP contribution < -0.4 is 5.32 Å². The van der Waals surface area contributed by atoms with E-state index in [4.69, 9.17) is 11.6 Å². The van der Waals surface area contributed by atoms with Crippen molar-refractivity contribution in [2.75, 3.05) is 0 Å². The van der Waals surface area contributed by atoms with E-state index in [1.54, 1.807) is 10.4 Å². The van der Waals surface area contributed by atoms with E-state index >= 15 is 0 Å². The van der Waals surface area contributed by atoms with Crippen molar-refractivity contribution >= 4 is 22.9 Å². The number of fused-ring (bicyclic) bond motifs is 2. The first-order valence-electron chi connectivity index (χ1n) is 7.42. The van der Waals surface area contributed by atoms with E-state index in [0.717, 1.165) is 18.0 Å². The molecule has 0 saturated heterocycles. The Morgan fingerprint density at radius 1 is 1.15 bits per heavy atom. The molecule has 1 aromatic carbocycles. The molecule has 1 unspecified atom stereocenters. The van der Waals surface area contributed by atoms with E-state index < -0.39 is 0 Å². The summed E-state index contributed by atoms with van der Waals surface area (Å²) in [5.41, 5.74) is 4.47. The van der Waals surface area contributed by atoms with Gasteiger partial charge in [0.1, 0.15) is 0 Å². The second-order valence-corrected chi connectivity index (χ2v) is 7.49. The molecule has 0 aliphatic heterocycles. The normalized spacial score (nSPS) is 20.1. The van der Waals surface area contributed by atoms with E-state index in [2.05, 4.69) is 23.5 Å². The highest BCUT2D eigenvalue weighted by atomic mass is 35.5. The van der Waals surface area contributed by atoms with Crippen molar-refractivity contribution in [1.29, 1.82) is 0 Å². The summed E-state index contributed by atoms with van der Waals surface area (Å²) in [7, 11) is 0. The van der Waals surface area contributed by atoms with Crippen molar-refractivity contribution in [2.45, 2.75) is 44.7 Å². The molecule has 104 valence electrons. The van der Waals surface area contributed by atoms with Crippen LogP contribution in [0.1, 0.15) is 45.3 Å². The number of halogens is 1. The number of benzene rings is 1. The highest BCUT2D eigenvalue weighted by Crippen LogP contribution is 2.34. The van der Waals surface area contributed by atoms with Gasteiger partial charge in [-0.3, -0.25) is 0 Å². The maximum Gasteiger partial charge on any atom is 0.0408 e. The maximum absolute atomic E-state index is 6.07. The minimum absolute atomic E-state index is 0.499. The number of hydrogen-bond donors (Lipinski definition) is 1. The summed E-state index contributed by atoms with van der Waals surface area (Å²) in [6.07, 6.45) is 6.28. The fourth-order valence-electron chi connectivity index (χ4n) is 3.50. The topological polar surface area (TPSA) is 12.0 Å². The van der Waals surface area contributed by atoms with Crippen LogP contribution in [0.4, 0.5) is 0 Å². The Balaban J connectivity index is 1.46. The van der Waals surface area contributed by atoms with Gasteiger partial charge >= 0.3 is 0 Å². The lowest BCUT2D eigenvalue weighted by atomic mass is 10.1. The highest BCUT2D eigenvalue weighted by Gasteiger charge is 2.22. The summed E-state index contributed by atoms with van der Waals surface area (Å²) in [4.78, 5) is 3.12. The second kappa shape index (κ2) is 5.18. The van der Waals surface area contributed by atoms with Gasteiger partial charge in [-0.15, -0.1) is 11.3 Å². The predicted molar refractivity (Wildman–Crippen MR) is 85.7 cm³/mol. The Kier molecular flexibility index (Phi) is 3.33. The van der Waals surface area contributed by atoms with E-state index in [1.165, 1.54) is 41.7 Å². The Hall–Kier alpha value is -0.830. The standard InChI is InChI=1S/C17H18ClNS/c18-13-5-6-15-11(8-13)4-7-16(15)19-10-14-9-12-2-1-3-17(12)20-14/h5-6,8-9,16,19H,1-4,7,10H2. The largest absolute Gasteiger partial charge is 0.305 e. The van der Waals surface area contributed by atoms with Gasteiger partial charge in [0.25, 0.3) is 0 Å². The van der Waals surface area contributed by atoms with Crippen molar-refractivity contribution in [2.24, 2.45) is 0 Å². The molecular formula is C17H18ClNS. The average molecular weight is 304 g/mol. The van der Waals surface area contributed by atoms with Crippen LogP contribution in [-0.4, -0.2) is 0 Å². The molecule has 2 aliphatic rings. The maximum atomic E-state index is 6.07. The number of hydrogen-bond acceptors (Lipinski definition) is 2. The van der Waals surface area contributed by atoms with Gasteiger partial charge < -0.3 is 5.32 Å². The van der Waals surface area contributed by atoms with Crippen LogP contribution in [0.25, 0.3) is 0 Å². The van der Waals surface area contributed by atoms with Crippen molar-refractivity contribution in [3.05, 3.63) is 55.7 Å². The predicted octanol–water partition coefficient (Wildman–Crippen LogP) is 4.67. The Bertz CT molecular complexity index is 625. The van der Waals surface area contributed by atoms with Gasteiger partial charge in [-0.2, -0.15) is 0 Å². The van der Waals surface area contributed by atoms with Crippen LogP contribution >= 0.6 is 22.9 Å². The molecule has 0 spiro atoms. The minimum atomic E-state index is 0.499. The summed E-state index contributed by atoms with van der Waals surface area (Å²) >= 11 is 8.07. The summed E-state index contributed by atoms with van der Waals surface area (Å²) in [6, 6.07) is 9.24. The van der Waals surface area contributed by atoms with E-state index in [1.807, 2.05) is 17.4 Å². The molecule has 0 radical (unpaired) electrons. The molecule has 4 rings (SSSR count). The third kappa shape index (κ3) is 2.30. The first-order chi connectivity index (χ1) is 9.79. The minimum Gasteiger partial charge on any atom is -0.305 e. The summed E-state index contributed by atoms with van der Waals surface area (Å²) in [6.45, 7) is 1.00. The van der Waals surface area contributed by atoms with Crippen LogP contribution in [0.5, 0.6) is 0 Å². The van der Waals surface area contributed by atoms with Crippen LogP contribution in [0, 0.1) is 0 Å². The van der Waals surface area contributed by atoms with Crippen molar-refractivity contribution in [3.8, 4) is 0 Å². The Labute approximate surface area is 129 Å². The zero-order valence-corrected chi connectivity index (χ0v) is 13.0. The molecule has 1 aromatic heterocycles. The fourth-order valence-corrected chi connectivity index (χ4v) is 4.91. The smallest absolute Gasteiger partial charge is 0.0408 e. The molecule has 1 heterocycles. The molecule has 0 fully saturated rings. The van der Waals surface area contributed by atoms with Gasteiger partial charge in [0.15, 0.2) is 0 Å². The van der Waals surface area contributed by atoms with E-state index in [9.17, 15) is 0 Å². The van der Waals surface area contributed by atoms with Gasteiger partial charge in [-0.1, -0.05) is 17.7 Å². The lowest BCUT2D eigenvalue weighted by Gasteiger charge is -2.13. The zero-order chi connectivity index (χ0) is 13.5. The first-order valence-corrected chi connectivity index (χ1v) is 8.61. The van der Waals surface area contributed by atoms with Gasteiger partial charge in [0, 0.05) is 27.4 Å². The number of aryl methyl sites for hydroxylation is 3. The number of rotatable bonds is 3. The van der Waals surface area contributed by atoms with Gasteiger partial charge in [0.2, 0.25) is 0 Å². The SMILES string of the molecule is Clc1ccc2c(c1)CCC2NCc1cc2c(s1)CCC2. The summed E-state index contributed by atoms with van der Waals surface area (Å²) < 4.78 is 0. The Morgan fingerprint density at radius 2 is 2.10 bits per heavy atom. The molecule has 2 aromatic rings. The summed E-state index contributed by atoms with van der Waals surface area (Å²) in [5.74, 6) is 0. The highest BCUT2D eigenvalue weighted by molar-refractivity contribution is 7.12.